The molecule has 0 atom stereocenters. The molecule has 0 fully saturated rings. The summed E-state index contributed by atoms with van der Waals surface area (Å²) in [5, 5.41) is 2.47. The molecule has 0 saturated heterocycles. The van der Waals surface area contributed by atoms with Crippen molar-refractivity contribution in [3.63, 3.8) is 0 Å². The molecule has 0 spiro atoms. The van der Waals surface area contributed by atoms with Crippen molar-refractivity contribution in [3.05, 3.63) is 22.1 Å². The second-order valence-corrected chi connectivity index (χ2v) is 1.93. The lowest BCUT2D eigenvalue weighted by atomic mass is 10.4. The van der Waals surface area contributed by atoms with Gasteiger partial charge in [0.15, 0.2) is 0 Å². The zero-order valence-electron chi connectivity index (χ0n) is 5.42. The van der Waals surface area contributed by atoms with Gasteiger partial charge in [-0.25, -0.2) is 0 Å². The lowest BCUT2D eigenvalue weighted by Gasteiger charge is -1.86. The second kappa shape index (κ2) is 2.02. The van der Waals surface area contributed by atoms with Gasteiger partial charge >= 0.3 is 0 Å². The Morgan fingerprint density at radius 1 is 1.80 bits per heavy atom. The standard InChI is InChI=1S/C5H7N3O2/c1-8-4(9)2-3(7-8)5(6)10/h2,7H,1H3,(H2,6,10). The number of primary amides is 1. The summed E-state index contributed by atoms with van der Waals surface area (Å²) in [5.41, 5.74) is 4.74. The van der Waals surface area contributed by atoms with Crippen molar-refractivity contribution in [3.8, 4) is 0 Å². The van der Waals surface area contributed by atoms with Crippen LogP contribution >= 0.6 is 0 Å². The van der Waals surface area contributed by atoms with Crippen LogP contribution in [0.4, 0.5) is 0 Å². The SMILES string of the molecule is Cn1[nH]c(C(N)=O)cc1=O. The Kier molecular flexibility index (Phi) is 1.33. The average Bonchev–Trinajstić information content (AvgIpc) is 2.13. The monoisotopic (exact) mass is 141 g/mol. The molecule has 0 aliphatic rings. The molecule has 1 rings (SSSR count). The predicted octanol–water partition coefficient (Wildman–Crippen LogP) is -1.19. The first kappa shape index (κ1) is 6.60. The van der Waals surface area contributed by atoms with Crippen LogP contribution in [0.1, 0.15) is 10.5 Å². The molecule has 5 nitrogen and oxygen atoms in total. The molecule has 0 aliphatic carbocycles. The van der Waals surface area contributed by atoms with Gasteiger partial charge in [-0.2, -0.15) is 0 Å². The quantitative estimate of drug-likeness (QED) is 0.515. The summed E-state index contributed by atoms with van der Waals surface area (Å²) in [5.74, 6) is -0.627. The summed E-state index contributed by atoms with van der Waals surface area (Å²) < 4.78 is 1.18. The number of hydrogen-bond acceptors (Lipinski definition) is 2. The maximum atomic E-state index is 10.7. The number of aromatic amines is 1. The van der Waals surface area contributed by atoms with Gasteiger partial charge in [-0.3, -0.25) is 19.4 Å². The fourth-order valence-corrected chi connectivity index (χ4v) is 0.615. The third-order valence-corrected chi connectivity index (χ3v) is 1.15. The highest BCUT2D eigenvalue weighted by atomic mass is 16.2. The number of aryl methyl sites for hydroxylation is 1. The Morgan fingerprint density at radius 3 is 2.60 bits per heavy atom. The van der Waals surface area contributed by atoms with Crippen molar-refractivity contribution in [1.29, 1.82) is 0 Å². The summed E-state index contributed by atoms with van der Waals surface area (Å²) >= 11 is 0. The van der Waals surface area contributed by atoms with Crippen LogP contribution in [0.15, 0.2) is 10.9 Å². The molecule has 1 amide bonds. The summed E-state index contributed by atoms with van der Waals surface area (Å²) in [6.45, 7) is 0. The number of nitrogens with zero attached hydrogens (tertiary/aromatic N) is 1. The Morgan fingerprint density at radius 2 is 2.40 bits per heavy atom. The van der Waals surface area contributed by atoms with E-state index in [4.69, 9.17) is 5.73 Å². The third-order valence-electron chi connectivity index (χ3n) is 1.15. The van der Waals surface area contributed by atoms with Gasteiger partial charge in [0.05, 0.1) is 0 Å². The number of rotatable bonds is 1. The summed E-state index contributed by atoms with van der Waals surface area (Å²) in [6.07, 6.45) is 0. The molecule has 1 aromatic rings. The molecule has 10 heavy (non-hydrogen) atoms. The molecule has 1 aromatic heterocycles. The van der Waals surface area contributed by atoms with E-state index in [2.05, 4.69) is 5.10 Å². The van der Waals surface area contributed by atoms with Gasteiger partial charge in [-0.05, 0) is 0 Å². The van der Waals surface area contributed by atoms with Crippen LogP contribution in [0.5, 0.6) is 0 Å². The molecule has 0 radical (unpaired) electrons. The van der Waals surface area contributed by atoms with E-state index in [-0.39, 0.29) is 11.3 Å². The van der Waals surface area contributed by atoms with E-state index in [1.807, 2.05) is 0 Å². The van der Waals surface area contributed by atoms with E-state index < -0.39 is 5.91 Å². The maximum absolute atomic E-state index is 10.7. The fraction of sp³-hybridized carbons (Fsp3) is 0.200. The summed E-state index contributed by atoms with van der Waals surface area (Å²) in [7, 11) is 1.51. The van der Waals surface area contributed by atoms with Crippen LogP contribution in [0.3, 0.4) is 0 Å². The normalized spacial score (nSPS) is 9.70. The van der Waals surface area contributed by atoms with Crippen LogP contribution < -0.4 is 11.3 Å². The van der Waals surface area contributed by atoms with Crippen LogP contribution in [0.25, 0.3) is 0 Å². The molecule has 3 N–H and O–H groups in total. The molecule has 5 heteroatoms. The number of hydrogen-bond donors (Lipinski definition) is 2. The number of carbonyl (C=O) groups excluding carboxylic acids is 1. The molecule has 1 heterocycles. The van der Waals surface area contributed by atoms with E-state index >= 15 is 0 Å². The van der Waals surface area contributed by atoms with Crippen molar-refractivity contribution in [2.24, 2.45) is 12.8 Å². The maximum Gasteiger partial charge on any atom is 0.266 e. The highest BCUT2D eigenvalue weighted by molar-refractivity contribution is 5.90. The van der Waals surface area contributed by atoms with Gasteiger partial charge in [-0.1, -0.05) is 0 Å². The minimum atomic E-state index is -0.627. The van der Waals surface area contributed by atoms with E-state index in [1.165, 1.54) is 11.7 Å². The number of amides is 1. The van der Waals surface area contributed by atoms with E-state index in [9.17, 15) is 9.59 Å². The van der Waals surface area contributed by atoms with E-state index in [1.54, 1.807) is 0 Å². The van der Waals surface area contributed by atoms with Gasteiger partial charge in [-0.15, -0.1) is 0 Å². The molecular formula is C5H7N3O2. The smallest absolute Gasteiger partial charge is 0.266 e. The number of aromatic nitrogens is 2. The van der Waals surface area contributed by atoms with Gasteiger partial charge in [0.25, 0.3) is 11.5 Å². The van der Waals surface area contributed by atoms with Crippen molar-refractivity contribution >= 4 is 5.91 Å². The van der Waals surface area contributed by atoms with Crippen molar-refractivity contribution < 1.29 is 4.79 Å². The second-order valence-electron chi connectivity index (χ2n) is 1.93. The van der Waals surface area contributed by atoms with Crippen molar-refractivity contribution in [2.75, 3.05) is 0 Å². The van der Waals surface area contributed by atoms with Gasteiger partial charge in [0.2, 0.25) is 0 Å². The minimum Gasteiger partial charge on any atom is -0.364 e. The van der Waals surface area contributed by atoms with Gasteiger partial charge in [0, 0.05) is 13.1 Å². The lowest BCUT2D eigenvalue weighted by Crippen LogP contribution is -2.12. The first-order valence-electron chi connectivity index (χ1n) is 2.67. The molecule has 54 valence electrons. The first-order valence-corrected chi connectivity index (χ1v) is 2.67. The van der Waals surface area contributed by atoms with E-state index in [0.29, 0.717) is 0 Å². The van der Waals surface area contributed by atoms with Crippen LogP contribution in [-0.4, -0.2) is 15.7 Å². The Hall–Kier alpha value is -1.52. The largest absolute Gasteiger partial charge is 0.364 e. The molecule has 0 unspecified atom stereocenters. The zero-order valence-corrected chi connectivity index (χ0v) is 5.42. The molecular weight excluding hydrogens is 134 g/mol. The fourth-order valence-electron chi connectivity index (χ4n) is 0.615. The van der Waals surface area contributed by atoms with Crippen LogP contribution in [-0.2, 0) is 7.05 Å². The van der Waals surface area contributed by atoms with Crippen LogP contribution in [0, 0.1) is 0 Å². The summed E-state index contributed by atoms with van der Waals surface area (Å²) in [6, 6.07) is 1.16. The zero-order chi connectivity index (χ0) is 7.72. The topological polar surface area (TPSA) is 80.9 Å². The molecule has 0 saturated carbocycles. The average molecular weight is 141 g/mol. The van der Waals surface area contributed by atoms with E-state index in [0.717, 1.165) is 6.07 Å². The first-order chi connectivity index (χ1) is 4.61. The third kappa shape index (κ3) is 0.928. The molecule has 0 aromatic carbocycles. The molecule has 0 aliphatic heterocycles. The van der Waals surface area contributed by atoms with Gasteiger partial charge in [0.1, 0.15) is 5.69 Å². The number of H-pyrrole nitrogens is 1. The highest BCUT2D eigenvalue weighted by Gasteiger charge is 2.03. The molecule has 0 bridgehead atoms. The van der Waals surface area contributed by atoms with Gasteiger partial charge < -0.3 is 5.73 Å². The Balaban J connectivity index is 3.23. The lowest BCUT2D eigenvalue weighted by molar-refractivity contribution is 0.0995. The number of nitrogens with two attached hydrogens (primary N) is 1. The number of nitrogens with one attached hydrogen (secondary N) is 1. The Labute approximate surface area is 56.4 Å². The summed E-state index contributed by atoms with van der Waals surface area (Å²) in [4.78, 5) is 21.1. The Bertz CT molecular complexity index is 309. The predicted molar refractivity (Wildman–Crippen MR) is 34.6 cm³/mol. The van der Waals surface area contributed by atoms with Crippen LogP contribution in [0.2, 0.25) is 0 Å². The number of carbonyl (C=O) groups is 1. The van der Waals surface area contributed by atoms with Crippen molar-refractivity contribution in [2.45, 2.75) is 0 Å². The highest BCUT2D eigenvalue weighted by Crippen LogP contribution is 1.84. The minimum absolute atomic E-state index is 0.132. The van der Waals surface area contributed by atoms with Crippen molar-refractivity contribution in [1.82, 2.24) is 9.78 Å².